The van der Waals surface area contributed by atoms with Gasteiger partial charge in [-0.15, -0.1) is 0 Å². The van der Waals surface area contributed by atoms with Crippen molar-refractivity contribution in [2.75, 3.05) is 38.3 Å². The first-order valence-corrected chi connectivity index (χ1v) is 7.08. The van der Waals surface area contributed by atoms with E-state index in [1.807, 2.05) is 20.2 Å². The summed E-state index contributed by atoms with van der Waals surface area (Å²) in [6, 6.07) is 4.20. The van der Waals surface area contributed by atoms with Crippen LogP contribution in [0.15, 0.2) is 18.3 Å². The molecule has 0 amide bonds. The largest absolute Gasteiger partial charge is 0.380 e. The number of nitrogens with one attached hydrogen (secondary N) is 1. The first kappa shape index (κ1) is 15.9. The molecule has 0 aliphatic heterocycles. The molecule has 0 spiro atoms. The summed E-state index contributed by atoms with van der Waals surface area (Å²) in [4.78, 5) is 6.60. The van der Waals surface area contributed by atoms with Gasteiger partial charge in [-0.25, -0.2) is 4.98 Å². The number of rotatable bonds is 9. The van der Waals surface area contributed by atoms with Gasteiger partial charge in [0.1, 0.15) is 5.82 Å². The maximum Gasteiger partial charge on any atom is 0.128 e. The van der Waals surface area contributed by atoms with Crippen LogP contribution < -0.4 is 10.2 Å². The second-order valence-electron chi connectivity index (χ2n) is 5.17. The molecule has 1 N–H and O–H groups in total. The minimum Gasteiger partial charge on any atom is -0.380 e. The van der Waals surface area contributed by atoms with Crippen molar-refractivity contribution < 1.29 is 4.74 Å². The van der Waals surface area contributed by atoms with Crippen LogP contribution >= 0.6 is 0 Å². The van der Waals surface area contributed by atoms with Crippen molar-refractivity contribution in [3.8, 4) is 0 Å². The second-order valence-corrected chi connectivity index (χ2v) is 5.17. The van der Waals surface area contributed by atoms with Gasteiger partial charge in [-0.2, -0.15) is 0 Å². The molecule has 0 fully saturated rings. The summed E-state index contributed by atoms with van der Waals surface area (Å²) < 4.78 is 5.35. The van der Waals surface area contributed by atoms with Crippen LogP contribution in [0.4, 0.5) is 5.82 Å². The van der Waals surface area contributed by atoms with Crippen LogP contribution in [0.25, 0.3) is 0 Å². The lowest BCUT2D eigenvalue weighted by atomic mass is 10.2. The fraction of sp³-hybridized carbons (Fsp3) is 0.667. The third-order valence-electron chi connectivity index (χ3n) is 2.86. The highest BCUT2D eigenvalue weighted by molar-refractivity contribution is 5.38. The number of nitrogens with zero attached hydrogens (tertiary/aromatic N) is 2. The average molecular weight is 265 g/mol. The van der Waals surface area contributed by atoms with E-state index in [0.29, 0.717) is 5.92 Å². The van der Waals surface area contributed by atoms with E-state index in [1.165, 1.54) is 5.56 Å². The van der Waals surface area contributed by atoms with E-state index in [0.717, 1.165) is 38.7 Å². The maximum absolute atomic E-state index is 5.35. The van der Waals surface area contributed by atoms with Crippen LogP contribution in [0.3, 0.4) is 0 Å². The lowest BCUT2D eigenvalue weighted by Crippen LogP contribution is -2.23. The molecule has 0 unspecified atom stereocenters. The maximum atomic E-state index is 5.35. The number of hydrogen-bond donors (Lipinski definition) is 1. The van der Waals surface area contributed by atoms with Crippen LogP contribution in [0.1, 0.15) is 26.3 Å². The average Bonchev–Trinajstić information content (AvgIpc) is 2.39. The smallest absolute Gasteiger partial charge is 0.128 e. The molecular weight excluding hydrogens is 238 g/mol. The molecule has 0 bridgehead atoms. The van der Waals surface area contributed by atoms with E-state index >= 15 is 0 Å². The zero-order valence-corrected chi connectivity index (χ0v) is 12.6. The second kappa shape index (κ2) is 8.88. The van der Waals surface area contributed by atoms with E-state index in [1.54, 1.807) is 0 Å². The van der Waals surface area contributed by atoms with Crippen LogP contribution in [0.5, 0.6) is 0 Å². The topological polar surface area (TPSA) is 37.4 Å². The fourth-order valence-corrected chi connectivity index (χ4v) is 1.71. The molecule has 0 aliphatic carbocycles. The van der Waals surface area contributed by atoms with Gasteiger partial charge in [0.25, 0.3) is 0 Å². The van der Waals surface area contributed by atoms with E-state index < -0.39 is 0 Å². The predicted molar refractivity (Wildman–Crippen MR) is 80.5 cm³/mol. The Bertz CT molecular complexity index is 338. The Kier molecular flexibility index (Phi) is 7.45. The Hall–Kier alpha value is -1.13. The van der Waals surface area contributed by atoms with Crippen LogP contribution in [0, 0.1) is 5.92 Å². The Morgan fingerprint density at radius 3 is 2.74 bits per heavy atom. The number of likely N-dealkylation sites (N-methyl/N-ethyl adjacent to an activating group) is 1. The first-order valence-electron chi connectivity index (χ1n) is 7.08. The highest BCUT2D eigenvalue weighted by Crippen LogP contribution is 2.09. The van der Waals surface area contributed by atoms with Gasteiger partial charge < -0.3 is 15.0 Å². The van der Waals surface area contributed by atoms with Crippen molar-refractivity contribution in [1.82, 2.24) is 10.3 Å². The van der Waals surface area contributed by atoms with Gasteiger partial charge in [0.15, 0.2) is 0 Å². The highest BCUT2D eigenvalue weighted by Gasteiger charge is 2.02. The molecule has 0 aliphatic rings. The van der Waals surface area contributed by atoms with Crippen molar-refractivity contribution in [1.29, 1.82) is 0 Å². The van der Waals surface area contributed by atoms with Gasteiger partial charge in [-0.05, 0) is 31.0 Å². The standard InChI is InChI=1S/C15H27N3O/c1-5-19-9-8-18(4)15-7-6-14(12-17-15)11-16-10-13(2)3/h6-7,12-13,16H,5,8-11H2,1-4H3. The quantitative estimate of drug-likeness (QED) is 0.695. The van der Waals surface area contributed by atoms with Crippen LogP contribution in [-0.4, -0.2) is 38.3 Å². The molecule has 0 saturated carbocycles. The number of hydrogen-bond acceptors (Lipinski definition) is 4. The van der Waals surface area contributed by atoms with Gasteiger partial charge >= 0.3 is 0 Å². The zero-order chi connectivity index (χ0) is 14.1. The molecule has 0 aromatic carbocycles. The molecule has 19 heavy (non-hydrogen) atoms. The van der Waals surface area contributed by atoms with E-state index in [-0.39, 0.29) is 0 Å². The molecule has 0 atom stereocenters. The van der Waals surface area contributed by atoms with Crippen LogP contribution in [0.2, 0.25) is 0 Å². The van der Waals surface area contributed by atoms with Gasteiger partial charge in [0, 0.05) is 32.9 Å². The van der Waals surface area contributed by atoms with Crippen LogP contribution in [-0.2, 0) is 11.3 Å². The summed E-state index contributed by atoms with van der Waals surface area (Å²) in [5, 5.41) is 3.42. The minimum absolute atomic E-state index is 0.678. The molecule has 108 valence electrons. The molecule has 4 nitrogen and oxygen atoms in total. The van der Waals surface area contributed by atoms with Gasteiger partial charge in [0.2, 0.25) is 0 Å². The third-order valence-corrected chi connectivity index (χ3v) is 2.86. The van der Waals surface area contributed by atoms with Crippen molar-refractivity contribution in [2.45, 2.75) is 27.3 Å². The Balaban J connectivity index is 2.37. The van der Waals surface area contributed by atoms with Gasteiger partial charge in [-0.3, -0.25) is 0 Å². The monoisotopic (exact) mass is 265 g/mol. The minimum atomic E-state index is 0.678. The van der Waals surface area contributed by atoms with Crippen molar-refractivity contribution in [3.05, 3.63) is 23.9 Å². The number of ether oxygens (including phenoxy) is 1. The lowest BCUT2D eigenvalue weighted by Gasteiger charge is -2.18. The molecule has 1 heterocycles. The number of anilines is 1. The summed E-state index contributed by atoms with van der Waals surface area (Å²) >= 11 is 0. The molecular formula is C15H27N3O. The lowest BCUT2D eigenvalue weighted by molar-refractivity contribution is 0.154. The molecule has 1 aromatic heterocycles. The summed E-state index contributed by atoms with van der Waals surface area (Å²) in [6.07, 6.45) is 1.94. The van der Waals surface area contributed by atoms with E-state index in [2.05, 4.69) is 41.2 Å². The SMILES string of the molecule is CCOCCN(C)c1ccc(CNCC(C)C)cn1. The fourth-order valence-electron chi connectivity index (χ4n) is 1.71. The Morgan fingerprint density at radius 2 is 2.16 bits per heavy atom. The van der Waals surface area contributed by atoms with Crippen molar-refractivity contribution in [2.24, 2.45) is 5.92 Å². The molecule has 1 rings (SSSR count). The number of aromatic nitrogens is 1. The summed E-state index contributed by atoms with van der Waals surface area (Å²) in [6.45, 7) is 10.7. The Morgan fingerprint density at radius 1 is 1.37 bits per heavy atom. The summed E-state index contributed by atoms with van der Waals surface area (Å²) in [7, 11) is 2.04. The molecule has 0 radical (unpaired) electrons. The predicted octanol–water partition coefficient (Wildman–Crippen LogP) is 2.30. The third kappa shape index (κ3) is 6.55. The first-order chi connectivity index (χ1) is 9.13. The molecule has 0 saturated heterocycles. The molecule has 1 aromatic rings. The van der Waals surface area contributed by atoms with Crippen molar-refractivity contribution >= 4 is 5.82 Å². The number of pyridine rings is 1. The summed E-state index contributed by atoms with van der Waals surface area (Å²) in [5.74, 6) is 1.67. The van der Waals surface area contributed by atoms with E-state index in [4.69, 9.17) is 4.74 Å². The van der Waals surface area contributed by atoms with Crippen molar-refractivity contribution in [3.63, 3.8) is 0 Å². The van der Waals surface area contributed by atoms with E-state index in [9.17, 15) is 0 Å². The normalized spacial score (nSPS) is 11.0. The molecule has 4 heteroatoms. The highest BCUT2D eigenvalue weighted by atomic mass is 16.5. The summed E-state index contributed by atoms with van der Waals surface area (Å²) in [5.41, 5.74) is 1.22. The zero-order valence-electron chi connectivity index (χ0n) is 12.6. The van der Waals surface area contributed by atoms with Gasteiger partial charge in [0.05, 0.1) is 6.61 Å². The Labute approximate surface area is 117 Å². The van der Waals surface area contributed by atoms with Gasteiger partial charge in [-0.1, -0.05) is 19.9 Å².